The zero-order valence-electron chi connectivity index (χ0n) is 14.7. The summed E-state index contributed by atoms with van der Waals surface area (Å²) in [6.45, 7) is 10.1. The molecule has 0 spiro atoms. The standard InChI is InChI=1S/C19H27NO4/c1-5-12-24-13-16(18(22)23)20-17(21)11-8-14-6-9-15(10-7-14)19(2,3)4/h5-7,9-10,16H,1,8,11-13H2,2-4H3,(H,20,21)(H,22,23). The summed E-state index contributed by atoms with van der Waals surface area (Å²) in [6.07, 6.45) is 2.33. The second kappa shape index (κ2) is 9.23. The Morgan fingerprint density at radius 2 is 1.92 bits per heavy atom. The molecule has 2 N–H and O–H groups in total. The van der Waals surface area contributed by atoms with Gasteiger partial charge in [0.25, 0.3) is 0 Å². The van der Waals surface area contributed by atoms with Gasteiger partial charge in [-0.25, -0.2) is 4.79 Å². The molecule has 0 aliphatic heterocycles. The van der Waals surface area contributed by atoms with E-state index >= 15 is 0 Å². The quantitative estimate of drug-likeness (QED) is 0.538. The number of benzene rings is 1. The molecule has 1 amide bonds. The van der Waals surface area contributed by atoms with Crippen molar-refractivity contribution in [3.05, 3.63) is 48.0 Å². The second-order valence-corrected chi connectivity index (χ2v) is 6.73. The number of aryl methyl sites for hydroxylation is 1. The second-order valence-electron chi connectivity index (χ2n) is 6.73. The first kappa shape index (κ1) is 19.9. The lowest BCUT2D eigenvalue weighted by atomic mass is 9.86. The number of rotatable bonds is 9. The Morgan fingerprint density at radius 3 is 2.42 bits per heavy atom. The van der Waals surface area contributed by atoms with Crippen LogP contribution in [0.15, 0.2) is 36.9 Å². The number of hydrogen-bond acceptors (Lipinski definition) is 3. The number of carbonyl (C=O) groups excluding carboxylic acids is 1. The number of carboxylic acids is 1. The van der Waals surface area contributed by atoms with Gasteiger partial charge >= 0.3 is 5.97 Å². The molecular formula is C19H27NO4. The van der Waals surface area contributed by atoms with Crippen molar-refractivity contribution >= 4 is 11.9 Å². The highest BCUT2D eigenvalue weighted by molar-refractivity contribution is 5.83. The fourth-order valence-electron chi connectivity index (χ4n) is 2.14. The van der Waals surface area contributed by atoms with Gasteiger partial charge in [0.05, 0.1) is 13.2 Å². The summed E-state index contributed by atoms with van der Waals surface area (Å²) >= 11 is 0. The van der Waals surface area contributed by atoms with Crippen LogP contribution in [0.25, 0.3) is 0 Å². The Kier molecular flexibility index (Phi) is 7.65. The Balaban J connectivity index is 2.49. The highest BCUT2D eigenvalue weighted by Crippen LogP contribution is 2.22. The fourth-order valence-corrected chi connectivity index (χ4v) is 2.14. The van der Waals surface area contributed by atoms with Gasteiger partial charge in [-0.1, -0.05) is 51.1 Å². The third-order valence-electron chi connectivity index (χ3n) is 3.61. The normalized spacial score (nSPS) is 12.5. The molecule has 0 heterocycles. The summed E-state index contributed by atoms with van der Waals surface area (Å²) in [7, 11) is 0. The maximum absolute atomic E-state index is 11.9. The minimum absolute atomic E-state index is 0.0760. The Bertz CT molecular complexity index is 558. The molecule has 0 aliphatic rings. The zero-order valence-corrected chi connectivity index (χ0v) is 14.7. The van der Waals surface area contributed by atoms with Crippen molar-refractivity contribution in [2.45, 2.75) is 45.1 Å². The van der Waals surface area contributed by atoms with Gasteiger partial charge in [0, 0.05) is 6.42 Å². The van der Waals surface area contributed by atoms with Crippen molar-refractivity contribution < 1.29 is 19.4 Å². The molecule has 1 aromatic carbocycles. The van der Waals surface area contributed by atoms with Crippen LogP contribution in [0, 0.1) is 0 Å². The van der Waals surface area contributed by atoms with E-state index in [1.54, 1.807) is 0 Å². The molecule has 24 heavy (non-hydrogen) atoms. The number of carboxylic acid groups (broad SMARTS) is 1. The van der Waals surface area contributed by atoms with Gasteiger partial charge in [-0.3, -0.25) is 4.79 Å². The minimum atomic E-state index is -1.11. The third-order valence-corrected chi connectivity index (χ3v) is 3.61. The van der Waals surface area contributed by atoms with Crippen LogP contribution in [0.3, 0.4) is 0 Å². The molecule has 0 radical (unpaired) electrons. The molecule has 132 valence electrons. The molecule has 5 nitrogen and oxygen atoms in total. The molecule has 0 saturated carbocycles. The topological polar surface area (TPSA) is 75.6 Å². The predicted molar refractivity (Wildman–Crippen MR) is 94.0 cm³/mol. The largest absolute Gasteiger partial charge is 0.480 e. The Labute approximate surface area is 143 Å². The summed E-state index contributed by atoms with van der Waals surface area (Å²) in [6, 6.07) is 7.11. The maximum atomic E-state index is 11.9. The lowest BCUT2D eigenvalue weighted by Gasteiger charge is -2.19. The van der Waals surface area contributed by atoms with Gasteiger partial charge in [-0.15, -0.1) is 6.58 Å². The van der Waals surface area contributed by atoms with E-state index in [-0.39, 0.29) is 31.0 Å². The smallest absolute Gasteiger partial charge is 0.328 e. The average Bonchev–Trinajstić information content (AvgIpc) is 2.51. The first-order chi connectivity index (χ1) is 11.2. The van der Waals surface area contributed by atoms with Gasteiger partial charge < -0.3 is 15.2 Å². The molecule has 1 atom stereocenters. The van der Waals surface area contributed by atoms with Crippen LogP contribution >= 0.6 is 0 Å². The van der Waals surface area contributed by atoms with Crippen LogP contribution < -0.4 is 5.32 Å². The molecule has 1 rings (SSSR count). The van der Waals surface area contributed by atoms with Crippen LogP contribution in [0.2, 0.25) is 0 Å². The monoisotopic (exact) mass is 333 g/mol. The van der Waals surface area contributed by atoms with E-state index in [4.69, 9.17) is 9.84 Å². The van der Waals surface area contributed by atoms with Crippen molar-refractivity contribution in [1.82, 2.24) is 5.32 Å². The van der Waals surface area contributed by atoms with E-state index in [0.29, 0.717) is 6.42 Å². The van der Waals surface area contributed by atoms with Crippen LogP contribution in [0.5, 0.6) is 0 Å². The number of nitrogens with one attached hydrogen (secondary N) is 1. The van der Waals surface area contributed by atoms with Gasteiger partial charge in [-0.05, 0) is 23.0 Å². The fraction of sp³-hybridized carbons (Fsp3) is 0.474. The summed E-state index contributed by atoms with van der Waals surface area (Å²) in [4.78, 5) is 23.1. The summed E-state index contributed by atoms with van der Waals surface area (Å²) in [5.74, 6) is -1.41. The minimum Gasteiger partial charge on any atom is -0.480 e. The van der Waals surface area contributed by atoms with Crippen molar-refractivity contribution in [3.8, 4) is 0 Å². The predicted octanol–water partition coefficient (Wildman–Crippen LogP) is 2.69. The number of amides is 1. The first-order valence-corrected chi connectivity index (χ1v) is 8.04. The van der Waals surface area contributed by atoms with E-state index in [1.807, 2.05) is 12.1 Å². The average molecular weight is 333 g/mol. The summed E-state index contributed by atoms with van der Waals surface area (Å²) in [5, 5.41) is 11.6. The van der Waals surface area contributed by atoms with E-state index in [1.165, 1.54) is 11.6 Å². The Hall–Kier alpha value is -2.14. The molecular weight excluding hydrogens is 306 g/mol. The van der Waals surface area contributed by atoms with Gasteiger partial charge in [0.1, 0.15) is 0 Å². The zero-order chi connectivity index (χ0) is 18.2. The van der Waals surface area contributed by atoms with Crippen LogP contribution in [-0.2, 0) is 26.2 Å². The van der Waals surface area contributed by atoms with Crippen LogP contribution in [0.4, 0.5) is 0 Å². The van der Waals surface area contributed by atoms with Gasteiger partial charge in [-0.2, -0.15) is 0 Å². The van der Waals surface area contributed by atoms with Gasteiger partial charge in [0.15, 0.2) is 6.04 Å². The van der Waals surface area contributed by atoms with E-state index in [0.717, 1.165) is 5.56 Å². The number of ether oxygens (including phenoxy) is 1. The number of hydrogen-bond donors (Lipinski definition) is 2. The number of aliphatic carboxylic acids is 1. The first-order valence-electron chi connectivity index (χ1n) is 8.04. The van der Waals surface area contributed by atoms with Gasteiger partial charge in [0.2, 0.25) is 5.91 Å². The highest BCUT2D eigenvalue weighted by Gasteiger charge is 2.20. The third kappa shape index (κ3) is 6.96. The summed E-state index contributed by atoms with van der Waals surface area (Å²) < 4.78 is 5.10. The van der Waals surface area contributed by atoms with E-state index < -0.39 is 12.0 Å². The van der Waals surface area contributed by atoms with Crippen molar-refractivity contribution in [2.75, 3.05) is 13.2 Å². The lowest BCUT2D eigenvalue weighted by Crippen LogP contribution is -2.44. The molecule has 1 aromatic rings. The molecule has 0 aliphatic carbocycles. The van der Waals surface area contributed by atoms with Crippen LogP contribution in [-0.4, -0.2) is 36.2 Å². The lowest BCUT2D eigenvalue weighted by molar-refractivity contribution is -0.143. The highest BCUT2D eigenvalue weighted by atomic mass is 16.5. The maximum Gasteiger partial charge on any atom is 0.328 e. The molecule has 5 heteroatoms. The molecule has 0 fully saturated rings. The summed E-state index contributed by atoms with van der Waals surface area (Å²) in [5.41, 5.74) is 2.38. The van der Waals surface area contributed by atoms with E-state index in [9.17, 15) is 9.59 Å². The molecule has 0 bridgehead atoms. The van der Waals surface area contributed by atoms with Crippen molar-refractivity contribution in [2.24, 2.45) is 0 Å². The molecule has 0 aromatic heterocycles. The molecule has 1 unspecified atom stereocenters. The van der Waals surface area contributed by atoms with E-state index in [2.05, 4.69) is 44.8 Å². The van der Waals surface area contributed by atoms with Crippen molar-refractivity contribution in [3.63, 3.8) is 0 Å². The molecule has 0 saturated heterocycles. The number of carbonyl (C=O) groups is 2. The van der Waals surface area contributed by atoms with Crippen LogP contribution in [0.1, 0.15) is 38.3 Å². The Morgan fingerprint density at radius 1 is 1.29 bits per heavy atom. The SMILES string of the molecule is C=CCOCC(NC(=O)CCc1ccc(C(C)(C)C)cc1)C(=O)O. The van der Waals surface area contributed by atoms with Crippen molar-refractivity contribution in [1.29, 1.82) is 0 Å².